The standard InChI is InChI=1S/C25H30N2O7.ClH/c1-17(26)22(28)32-18(2)33-24(30)27-15-13-21(14-16-27)34-23(29)25(31,19-9-5-3-6-10-19)20-11-7-4-8-12-20;/h3-12,17-18,21,31H,13-16,26H2,1-2H3;1H/t17-,18?;/m0./s1. The molecule has 190 valence electrons. The van der Waals surface area contributed by atoms with Crippen molar-refractivity contribution in [3.05, 3.63) is 71.8 Å². The number of aliphatic hydroxyl groups is 1. The molecule has 1 fully saturated rings. The van der Waals surface area contributed by atoms with Crippen molar-refractivity contribution >= 4 is 30.4 Å². The largest absolute Gasteiger partial charge is 0.460 e. The maximum atomic E-state index is 13.2. The predicted molar refractivity (Wildman–Crippen MR) is 130 cm³/mol. The zero-order valence-electron chi connectivity index (χ0n) is 19.7. The summed E-state index contributed by atoms with van der Waals surface area (Å²) < 4.78 is 15.8. The lowest BCUT2D eigenvalue weighted by Gasteiger charge is -2.34. The molecule has 0 aliphatic carbocycles. The van der Waals surface area contributed by atoms with Crippen LogP contribution in [0.15, 0.2) is 60.7 Å². The number of likely N-dealkylation sites (tertiary alicyclic amines) is 1. The quantitative estimate of drug-likeness (QED) is 0.433. The van der Waals surface area contributed by atoms with Gasteiger partial charge in [0.15, 0.2) is 0 Å². The van der Waals surface area contributed by atoms with Crippen LogP contribution in [0.3, 0.4) is 0 Å². The average Bonchev–Trinajstić information content (AvgIpc) is 2.84. The van der Waals surface area contributed by atoms with Gasteiger partial charge in [0.1, 0.15) is 12.1 Å². The van der Waals surface area contributed by atoms with Crippen molar-refractivity contribution in [3.63, 3.8) is 0 Å². The summed E-state index contributed by atoms with van der Waals surface area (Å²) in [5.74, 6) is -1.45. The van der Waals surface area contributed by atoms with Gasteiger partial charge >= 0.3 is 18.0 Å². The molecular weight excluding hydrogens is 476 g/mol. The number of carbonyl (C=O) groups is 3. The van der Waals surface area contributed by atoms with Gasteiger partial charge in [-0.15, -0.1) is 12.4 Å². The van der Waals surface area contributed by atoms with Crippen LogP contribution in [0.2, 0.25) is 0 Å². The summed E-state index contributed by atoms with van der Waals surface area (Å²) in [5, 5.41) is 11.5. The van der Waals surface area contributed by atoms with E-state index in [1.807, 2.05) is 0 Å². The van der Waals surface area contributed by atoms with Crippen molar-refractivity contribution in [3.8, 4) is 0 Å². The Bertz CT molecular complexity index is 940. The van der Waals surface area contributed by atoms with Gasteiger partial charge in [-0.05, 0) is 18.1 Å². The molecule has 1 aliphatic rings. The van der Waals surface area contributed by atoms with Gasteiger partial charge in [0.2, 0.25) is 11.9 Å². The van der Waals surface area contributed by atoms with Gasteiger partial charge in [0.05, 0.1) is 0 Å². The monoisotopic (exact) mass is 506 g/mol. The first-order chi connectivity index (χ1) is 16.2. The summed E-state index contributed by atoms with van der Waals surface area (Å²) in [6.07, 6.45) is -1.46. The van der Waals surface area contributed by atoms with Crippen LogP contribution in [0.25, 0.3) is 0 Å². The zero-order valence-corrected chi connectivity index (χ0v) is 20.5. The molecule has 2 aromatic carbocycles. The van der Waals surface area contributed by atoms with E-state index in [0.29, 0.717) is 24.0 Å². The van der Waals surface area contributed by atoms with Crippen molar-refractivity contribution in [1.29, 1.82) is 0 Å². The molecule has 9 nitrogen and oxygen atoms in total. The highest BCUT2D eigenvalue weighted by atomic mass is 35.5. The molecular formula is C25H31ClN2O7. The molecule has 1 heterocycles. The first-order valence-corrected chi connectivity index (χ1v) is 11.2. The van der Waals surface area contributed by atoms with Crippen LogP contribution >= 0.6 is 12.4 Å². The topological polar surface area (TPSA) is 128 Å². The molecule has 10 heteroatoms. The summed E-state index contributed by atoms with van der Waals surface area (Å²) in [7, 11) is 0. The van der Waals surface area contributed by atoms with Gasteiger partial charge in [0, 0.05) is 32.9 Å². The molecule has 0 spiro atoms. The Kier molecular flexibility index (Phi) is 10.1. The zero-order chi connectivity index (χ0) is 24.7. The second-order valence-corrected chi connectivity index (χ2v) is 8.21. The smallest absolute Gasteiger partial charge is 0.412 e. The Morgan fingerprint density at radius 2 is 1.43 bits per heavy atom. The molecule has 0 saturated carbocycles. The van der Waals surface area contributed by atoms with E-state index < -0.39 is 42.1 Å². The predicted octanol–water partition coefficient (Wildman–Crippen LogP) is 2.72. The minimum atomic E-state index is -1.96. The number of halogens is 1. The maximum Gasteiger partial charge on any atom is 0.412 e. The maximum absolute atomic E-state index is 13.2. The highest BCUT2D eigenvalue weighted by Crippen LogP contribution is 2.32. The van der Waals surface area contributed by atoms with Gasteiger partial charge in [-0.2, -0.15) is 0 Å². The summed E-state index contributed by atoms with van der Waals surface area (Å²) in [4.78, 5) is 38.5. The molecule has 0 aromatic heterocycles. The van der Waals surface area contributed by atoms with Gasteiger partial charge in [-0.3, -0.25) is 4.79 Å². The fraction of sp³-hybridized carbons (Fsp3) is 0.400. The van der Waals surface area contributed by atoms with Crippen molar-refractivity contribution in [2.45, 2.75) is 50.7 Å². The van der Waals surface area contributed by atoms with Crippen molar-refractivity contribution < 1.29 is 33.7 Å². The molecule has 1 saturated heterocycles. The lowest BCUT2D eigenvalue weighted by molar-refractivity contribution is -0.170. The summed E-state index contributed by atoms with van der Waals surface area (Å²) in [6, 6.07) is 16.4. The Hall–Kier alpha value is -3.14. The molecule has 2 aromatic rings. The SMILES string of the molecule is CC(OC(=O)[C@H](C)N)OC(=O)N1CCC(OC(=O)C(O)(c2ccccc2)c2ccccc2)CC1.Cl. The van der Waals surface area contributed by atoms with Crippen LogP contribution in [-0.4, -0.2) is 59.6 Å². The Morgan fingerprint density at radius 1 is 0.943 bits per heavy atom. The lowest BCUT2D eigenvalue weighted by Crippen LogP contribution is -2.46. The molecule has 1 unspecified atom stereocenters. The minimum Gasteiger partial charge on any atom is -0.460 e. The van der Waals surface area contributed by atoms with Crippen molar-refractivity contribution in [1.82, 2.24) is 4.90 Å². The number of benzene rings is 2. The molecule has 0 bridgehead atoms. The fourth-order valence-corrected chi connectivity index (χ4v) is 3.67. The van der Waals surface area contributed by atoms with E-state index in [4.69, 9.17) is 19.9 Å². The third-order valence-electron chi connectivity index (χ3n) is 5.57. The third kappa shape index (κ3) is 6.94. The van der Waals surface area contributed by atoms with Crippen LogP contribution < -0.4 is 5.73 Å². The van der Waals surface area contributed by atoms with Crippen molar-refractivity contribution in [2.24, 2.45) is 5.73 Å². The average molecular weight is 507 g/mol. The summed E-state index contributed by atoms with van der Waals surface area (Å²) >= 11 is 0. The van der Waals surface area contributed by atoms with Gasteiger partial charge in [-0.1, -0.05) is 60.7 Å². The molecule has 3 N–H and O–H groups in total. The highest BCUT2D eigenvalue weighted by molar-refractivity contribution is 5.86. The van der Waals surface area contributed by atoms with Crippen LogP contribution in [0.1, 0.15) is 37.8 Å². The van der Waals surface area contributed by atoms with Crippen LogP contribution in [0.5, 0.6) is 0 Å². The molecule has 1 aliphatic heterocycles. The Labute approximate surface area is 210 Å². The normalized spacial score (nSPS) is 15.8. The summed E-state index contributed by atoms with van der Waals surface area (Å²) in [5.41, 5.74) is 4.28. The first kappa shape index (κ1) is 28.1. The fourth-order valence-electron chi connectivity index (χ4n) is 3.67. The lowest BCUT2D eigenvalue weighted by atomic mass is 9.86. The van der Waals surface area contributed by atoms with Crippen LogP contribution in [0, 0.1) is 0 Å². The number of ether oxygens (including phenoxy) is 3. The van der Waals surface area contributed by atoms with E-state index in [1.54, 1.807) is 60.7 Å². The number of carbonyl (C=O) groups excluding carboxylic acids is 3. The number of rotatable bonds is 7. The number of amides is 1. The molecule has 0 radical (unpaired) electrons. The van der Waals surface area contributed by atoms with E-state index in [-0.39, 0.29) is 25.5 Å². The molecule has 2 atom stereocenters. The Balaban J connectivity index is 0.00000432. The van der Waals surface area contributed by atoms with E-state index in [1.165, 1.54) is 18.7 Å². The number of piperidine rings is 1. The number of hydrogen-bond acceptors (Lipinski definition) is 8. The van der Waals surface area contributed by atoms with E-state index in [9.17, 15) is 19.5 Å². The van der Waals surface area contributed by atoms with Gasteiger partial charge < -0.3 is 30.0 Å². The number of nitrogens with zero attached hydrogens (tertiary/aromatic N) is 1. The van der Waals surface area contributed by atoms with E-state index in [0.717, 1.165) is 0 Å². The minimum absolute atomic E-state index is 0. The van der Waals surface area contributed by atoms with Crippen LogP contribution in [0.4, 0.5) is 4.79 Å². The molecule has 35 heavy (non-hydrogen) atoms. The van der Waals surface area contributed by atoms with Gasteiger partial charge in [-0.25, -0.2) is 9.59 Å². The highest BCUT2D eigenvalue weighted by Gasteiger charge is 2.43. The summed E-state index contributed by atoms with van der Waals surface area (Å²) in [6.45, 7) is 3.46. The Morgan fingerprint density at radius 3 is 1.89 bits per heavy atom. The van der Waals surface area contributed by atoms with E-state index >= 15 is 0 Å². The third-order valence-corrected chi connectivity index (χ3v) is 5.57. The molecule has 1 amide bonds. The number of hydrogen-bond donors (Lipinski definition) is 2. The molecule has 3 rings (SSSR count). The second kappa shape index (κ2) is 12.5. The number of esters is 2. The second-order valence-electron chi connectivity index (χ2n) is 8.21. The van der Waals surface area contributed by atoms with Gasteiger partial charge in [0.25, 0.3) is 0 Å². The van der Waals surface area contributed by atoms with Crippen LogP contribution in [-0.2, 0) is 29.4 Å². The first-order valence-electron chi connectivity index (χ1n) is 11.2. The number of nitrogens with two attached hydrogens (primary N) is 1. The van der Waals surface area contributed by atoms with E-state index in [2.05, 4.69) is 0 Å². The van der Waals surface area contributed by atoms with Crippen molar-refractivity contribution in [2.75, 3.05) is 13.1 Å².